The molecule has 0 bridgehead atoms. The lowest BCUT2D eigenvalue weighted by Crippen LogP contribution is -2.30. The number of fused-ring (bicyclic) bond motifs is 1. The Morgan fingerprint density at radius 1 is 1.16 bits per heavy atom. The van der Waals surface area contributed by atoms with Crippen LogP contribution in [-0.4, -0.2) is 27.4 Å². The van der Waals surface area contributed by atoms with Crippen molar-refractivity contribution in [2.45, 2.75) is 39.2 Å². The highest BCUT2D eigenvalue weighted by Crippen LogP contribution is 2.30. The number of carbonyl (C=O) groups is 1. The summed E-state index contributed by atoms with van der Waals surface area (Å²) in [6.45, 7) is 3.46. The van der Waals surface area contributed by atoms with Crippen molar-refractivity contribution >= 4 is 5.97 Å². The number of nitrogens with zero attached hydrogens (tertiary/aromatic N) is 3. The lowest BCUT2D eigenvalue weighted by molar-refractivity contribution is -0.142. The van der Waals surface area contributed by atoms with Gasteiger partial charge in [0.25, 0.3) is 0 Å². The monoisotopic (exact) mass is 431 g/mol. The van der Waals surface area contributed by atoms with Gasteiger partial charge in [0.2, 0.25) is 0 Å². The van der Waals surface area contributed by atoms with Crippen molar-refractivity contribution in [3.8, 4) is 11.4 Å². The van der Waals surface area contributed by atoms with Gasteiger partial charge < -0.3 is 9.15 Å². The zero-order valence-electron chi connectivity index (χ0n) is 16.8. The molecule has 9 heteroatoms. The van der Waals surface area contributed by atoms with Crippen LogP contribution in [0, 0.1) is 0 Å². The SMILES string of the molecule is CC(=O)OCc1ccc(CN2CCc3nc(-c4ccc(C(F)(F)F)cc4)ncc3C2)o1. The molecule has 1 aromatic carbocycles. The van der Waals surface area contributed by atoms with Crippen molar-refractivity contribution in [1.82, 2.24) is 14.9 Å². The molecule has 0 spiro atoms. The number of furan rings is 1. The van der Waals surface area contributed by atoms with Gasteiger partial charge in [0.15, 0.2) is 5.82 Å². The van der Waals surface area contributed by atoms with Crippen LogP contribution in [0.1, 0.15) is 35.3 Å². The molecule has 31 heavy (non-hydrogen) atoms. The fourth-order valence-electron chi connectivity index (χ4n) is 3.43. The summed E-state index contributed by atoms with van der Waals surface area (Å²) >= 11 is 0. The van der Waals surface area contributed by atoms with Gasteiger partial charge in [0, 0.05) is 43.8 Å². The van der Waals surface area contributed by atoms with E-state index < -0.39 is 11.7 Å². The van der Waals surface area contributed by atoms with Gasteiger partial charge in [-0.2, -0.15) is 13.2 Å². The summed E-state index contributed by atoms with van der Waals surface area (Å²) in [5.41, 5.74) is 1.73. The quantitative estimate of drug-likeness (QED) is 0.559. The van der Waals surface area contributed by atoms with Gasteiger partial charge in [-0.3, -0.25) is 9.69 Å². The Morgan fingerprint density at radius 3 is 2.61 bits per heavy atom. The topological polar surface area (TPSA) is 68.5 Å². The molecule has 0 atom stereocenters. The van der Waals surface area contributed by atoms with Gasteiger partial charge in [0.1, 0.15) is 18.1 Å². The lowest BCUT2D eigenvalue weighted by Gasteiger charge is -2.27. The first-order valence-electron chi connectivity index (χ1n) is 9.73. The van der Waals surface area contributed by atoms with E-state index in [9.17, 15) is 18.0 Å². The Morgan fingerprint density at radius 2 is 1.90 bits per heavy atom. The molecule has 0 fully saturated rings. The predicted molar refractivity (Wildman–Crippen MR) is 104 cm³/mol. The van der Waals surface area contributed by atoms with Crippen molar-refractivity contribution in [2.24, 2.45) is 0 Å². The minimum absolute atomic E-state index is 0.110. The summed E-state index contributed by atoms with van der Waals surface area (Å²) in [6, 6.07) is 8.51. The molecule has 0 saturated heterocycles. The van der Waals surface area contributed by atoms with Crippen LogP contribution in [0.25, 0.3) is 11.4 Å². The Balaban J connectivity index is 1.41. The van der Waals surface area contributed by atoms with E-state index in [1.807, 2.05) is 6.07 Å². The smallest absolute Gasteiger partial charge is 0.416 e. The number of hydrogen-bond acceptors (Lipinski definition) is 6. The van der Waals surface area contributed by atoms with E-state index in [0.717, 1.165) is 35.7 Å². The summed E-state index contributed by atoms with van der Waals surface area (Å²) in [7, 11) is 0. The van der Waals surface area contributed by atoms with Crippen molar-refractivity contribution < 1.29 is 27.1 Å². The third-order valence-corrected chi connectivity index (χ3v) is 5.00. The Bertz CT molecular complexity index is 1080. The van der Waals surface area contributed by atoms with Crippen LogP contribution in [0.15, 0.2) is 47.0 Å². The van der Waals surface area contributed by atoms with Gasteiger partial charge in [-0.1, -0.05) is 12.1 Å². The van der Waals surface area contributed by atoms with Crippen LogP contribution in [-0.2, 0) is 41.8 Å². The second-order valence-corrected chi connectivity index (χ2v) is 7.35. The van der Waals surface area contributed by atoms with Crippen LogP contribution < -0.4 is 0 Å². The number of rotatable bonds is 5. The van der Waals surface area contributed by atoms with Crippen LogP contribution in [0.2, 0.25) is 0 Å². The van der Waals surface area contributed by atoms with Gasteiger partial charge >= 0.3 is 12.1 Å². The molecule has 6 nitrogen and oxygen atoms in total. The summed E-state index contributed by atoms with van der Waals surface area (Å²) in [5.74, 6) is 1.42. The fraction of sp³-hybridized carbons (Fsp3) is 0.318. The second-order valence-electron chi connectivity index (χ2n) is 7.35. The van der Waals surface area contributed by atoms with E-state index in [-0.39, 0.29) is 12.6 Å². The average Bonchev–Trinajstić information content (AvgIpc) is 3.18. The second kappa shape index (κ2) is 8.50. The highest BCUT2D eigenvalue weighted by molar-refractivity contribution is 5.65. The fourth-order valence-corrected chi connectivity index (χ4v) is 3.43. The molecule has 3 heterocycles. The standard InChI is InChI=1S/C22H20F3N3O3/c1-14(29)30-13-19-7-6-18(31-19)12-28-9-8-20-16(11-28)10-26-21(27-20)15-2-4-17(5-3-15)22(23,24)25/h2-7,10H,8-9,11-13H2,1H3. The molecular formula is C22H20F3N3O3. The number of carbonyl (C=O) groups excluding carboxylic acids is 1. The molecule has 162 valence electrons. The van der Waals surface area contributed by atoms with E-state index in [0.29, 0.717) is 36.7 Å². The molecule has 0 radical (unpaired) electrons. The van der Waals surface area contributed by atoms with Crippen LogP contribution >= 0.6 is 0 Å². The van der Waals surface area contributed by atoms with Crippen molar-refractivity contribution in [3.05, 3.63) is 70.9 Å². The predicted octanol–water partition coefficient (Wildman–Crippen LogP) is 4.38. The van der Waals surface area contributed by atoms with Crippen molar-refractivity contribution in [3.63, 3.8) is 0 Å². The highest BCUT2D eigenvalue weighted by atomic mass is 19.4. The average molecular weight is 431 g/mol. The Kier molecular flexibility index (Phi) is 5.77. The number of aromatic nitrogens is 2. The number of benzene rings is 1. The van der Waals surface area contributed by atoms with Crippen molar-refractivity contribution in [2.75, 3.05) is 6.54 Å². The molecule has 4 rings (SSSR count). The first-order chi connectivity index (χ1) is 14.8. The molecule has 1 aliphatic rings. The minimum atomic E-state index is -4.37. The summed E-state index contributed by atoms with van der Waals surface area (Å²) in [5, 5.41) is 0. The normalized spacial score (nSPS) is 14.3. The first-order valence-corrected chi connectivity index (χ1v) is 9.73. The van der Waals surface area contributed by atoms with E-state index >= 15 is 0 Å². The van der Waals surface area contributed by atoms with Crippen molar-refractivity contribution in [1.29, 1.82) is 0 Å². The lowest BCUT2D eigenvalue weighted by atomic mass is 10.1. The van der Waals surface area contributed by atoms with E-state index in [1.165, 1.54) is 19.1 Å². The number of ether oxygens (including phenoxy) is 1. The molecule has 0 amide bonds. The van der Waals surface area contributed by atoms with Crippen LogP contribution in [0.4, 0.5) is 13.2 Å². The third kappa shape index (κ3) is 5.11. The number of esters is 1. The maximum atomic E-state index is 12.7. The highest BCUT2D eigenvalue weighted by Gasteiger charge is 2.30. The number of hydrogen-bond donors (Lipinski definition) is 0. The molecule has 1 aliphatic heterocycles. The molecular weight excluding hydrogens is 411 g/mol. The zero-order valence-corrected chi connectivity index (χ0v) is 16.8. The largest absolute Gasteiger partial charge is 0.461 e. The zero-order chi connectivity index (χ0) is 22.0. The summed E-state index contributed by atoms with van der Waals surface area (Å²) < 4.78 is 48.9. The maximum absolute atomic E-state index is 12.7. The minimum Gasteiger partial charge on any atom is -0.461 e. The number of alkyl halides is 3. The Labute approximate surface area is 176 Å². The van der Waals surface area contributed by atoms with E-state index in [2.05, 4.69) is 14.9 Å². The van der Waals surface area contributed by atoms with Gasteiger partial charge in [0.05, 0.1) is 17.8 Å². The molecule has 0 saturated carbocycles. The number of halogens is 3. The molecule has 0 unspecified atom stereocenters. The van der Waals surface area contributed by atoms with Gasteiger partial charge in [-0.05, 0) is 24.3 Å². The van der Waals surface area contributed by atoms with Crippen LogP contribution in [0.5, 0.6) is 0 Å². The Hall–Kier alpha value is -3.20. The van der Waals surface area contributed by atoms with Gasteiger partial charge in [-0.15, -0.1) is 0 Å². The molecule has 0 aliphatic carbocycles. The van der Waals surface area contributed by atoms with Crippen LogP contribution in [0.3, 0.4) is 0 Å². The first kappa shape index (κ1) is 21.0. The molecule has 3 aromatic rings. The maximum Gasteiger partial charge on any atom is 0.416 e. The van der Waals surface area contributed by atoms with E-state index in [1.54, 1.807) is 12.3 Å². The third-order valence-electron chi connectivity index (χ3n) is 5.00. The van der Waals surface area contributed by atoms with E-state index in [4.69, 9.17) is 9.15 Å². The summed E-state index contributed by atoms with van der Waals surface area (Å²) in [6.07, 6.45) is -1.93. The molecule has 2 aromatic heterocycles. The molecule has 0 N–H and O–H groups in total. The summed E-state index contributed by atoms with van der Waals surface area (Å²) in [4.78, 5) is 22.0. The van der Waals surface area contributed by atoms with Gasteiger partial charge in [-0.25, -0.2) is 9.97 Å².